The molecular weight excluding hydrogens is 214 g/mol. The highest BCUT2D eigenvalue weighted by Gasteiger charge is 2.47. The number of benzene rings is 1. The highest BCUT2D eigenvalue weighted by Crippen LogP contribution is 2.43. The van der Waals surface area contributed by atoms with Crippen LogP contribution in [0.5, 0.6) is 0 Å². The largest absolute Gasteiger partial charge is 0.399 e. The Morgan fingerprint density at radius 2 is 1.65 bits per heavy atom. The Bertz CT molecular complexity index is 378. The van der Waals surface area contributed by atoms with Crippen molar-refractivity contribution in [3.63, 3.8) is 0 Å². The molecule has 3 nitrogen and oxygen atoms in total. The van der Waals surface area contributed by atoms with Gasteiger partial charge in [-0.05, 0) is 36.5 Å². The summed E-state index contributed by atoms with van der Waals surface area (Å²) in [5.74, 6) is 0.689. The molecule has 1 aromatic carbocycles. The summed E-state index contributed by atoms with van der Waals surface area (Å²) in [7, 11) is 0. The van der Waals surface area contributed by atoms with E-state index in [-0.39, 0.29) is 5.41 Å². The lowest BCUT2D eigenvalue weighted by molar-refractivity contribution is -0.111. The fourth-order valence-electron chi connectivity index (χ4n) is 3.03. The number of rotatable bonds is 2. The van der Waals surface area contributed by atoms with Gasteiger partial charge in [0.1, 0.15) is 0 Å². The Kier molecular flexibility index (Phi) is 2.81. The molecule has 1 aromatic rings. The molecular formula is C14H19NO2. The van der Waals surface area contributed by atoms with Gasteiger partial charge in [-0.1, -0.05) is 12.1 Å². The van der Waals surface area contributed by atoms with Crippen LogP contribution >= 0.6 is 0 Å². The molecule has 2 aliphatic rings. The van der Waals surface area contributed by atoms with Gasteiger partial charge in [0.2, 0.25) is 0 Å². The first-order valence-corrected chi connectivity index (χ1v) is 6.33. The molecule has 2 heterocycles. The van der Waals surface area contributed by atoms with E-state index in [0.717, 1.165) is 45.0 Å². The third kappa shape index (κ3) is 1.83. The lowest BCUT2D eigenvalue weighted by Crippen LogP contribution is -2.53. The van der Waals surface area contributed by atoms with E-state index in [1.807, 2.05) is 12.1 Å². The van der Waals surface area contributed by atoms with Crippen molar-refractivity contribution in [3.05, 3.63) is 29.8 Å². The van der Waals surface area contributed by atoms with Gasteiger partial charge in [0.25, 0.3) is 0 Å². The van der Waals surface area contributed by atoms with E-state index in [0.29, 0.717) is 5.92 Å². The maximum atomic E-state index is 5.76. The molecule has 17 heavy (non-hydrogen) atoms. The second-order valence-electron chi connectivity index (χ2n) is 5.16. The van der Waals surface area contributed by atoms with Crippen LogP contribution in [0.1, 0.15) is 18.4 Å². The summed E-state index contributed by atoms with van der Waals surface area (Å²) in [6, 6.07) is 8.31. The van der Waals surface area contributed by atoms with Gasteiger partial charge in [-0.3, -0.25) is 0 Å². The van der Waals surface area contributed by atoms with Gasteiger partial charge in [-0.25, -0.2) is 0 Å². The van der Waals surface area contributed by atoms with Crippen molar-refractivity contribution in [1.29, 1.82) is 0 Å². The van der Waals surface area contributed by atoms with Gasteiger partial charge >= 0.3 is 0 Å². The predicted molar refractivity (Wildman–Crippen MR) is 66.9 cm³/mol. The summed E-state index contributed by atoms with van der Waals surface area (Å²) in [6.07, 6.45) is 2.29. The summed E-state index contributed by atoms with van der Waals surface area (Å²) in [5.41, 5.74) is 8.19. The van der Waals surface area contributed by atoms with Crippen molar-refractivity contribution >= 4 is 5.69 Å². The molecule has 0 amide bonds. The van der Waals surface area contributed by atoms with E-state index < -0.39 is 0 Å². The van der Waals surface area contributed by atoms with Gasteiger partial charge in [0.15, 0.2) is 0 Å². The number of anilines is 1. The summed E-state index contributed by atoms with van der Waals surface area (Å²) in [5, 5.41) is 0. The van der Waals surface area contributed by atoms with Crippen LogP contribution in [0.2, 0.25) is 0 Å². The highest BCUT2D eigenvalue weighted by atomic mass is 16.5. The van der Waals surface area contributed by atoms with Crippen molar-refractivity contribution in [2.45, 2.75) is 18.3 Å². The third-order valence-electron chi connectivity index (χ3n) is 4.21. The maximum absolute atomic E-state index is 5.76. The molecule has 92 valence electrons. The Morgan fingerprint density at radius 1 is 1.00 bits per heavy atom. The van der Waals surface area contributed by atoms with E-state index in [9.17, 15) is 0 Å². The second-order valence-corrected chi connectivity index (χ2v) is 5.16. The van der Waals surface area contributed by atoms with E-state index in [4.69, 9.17) is 15.2 Å². The number of ether oxygens (including phenoxy) is 2. The molecule has 2 aliphatic heterocycles. The molecule has 0 atom stereocenters. The van der Waals surface area contributed by atoms with Crippen molar-refractivity contribution in [1.82, 2.24) is 0 Å². The van der Waals surface area contributed by atoms with Crippen LogP contribution in [-0.4, -0.2) is 26.4 Å². The zero-order valence-corrected chi connectivity index (χ0v) is 10.0. The first-order valence-electron chi connectivity index (χ1n) is 6.33. The molecule has 0 bridgehead atoms. The van der Waals surface area contributed by atoms with Gasteiger partial charge in [0.05, 0.1) is 13.2 Å². The Labute approximate surface area is 102 Å². The minimum Gasteiger partial charge on any atom is -0.399 e. The lowest BCUT2D eigenvalue weighted by Gasteiger charge is -2.49. The molecule has 3 heteroatoms. The predicted octanol–water partition coefficient (Wildman–Crippen LogP) is 1.96. The Morgan fingerprint density at radius 3 is 2.18 bits per heavy atom. The molecule has 0 radical (unpaired) electrons. The summed E-state index contributed by atoms with van der Waals surface area (Å²) >= 11 is 0. The maximum Gasteiger partial charge on any atom is 0.0588 e. The molecule has 0 aliphatic carbocycles. The average Bonchev–Trinajstić information content (AvgIpc) is 2.32. The smallest absolute Gasteiger partial charge is 0.0588 e. The molecule has 0 spiro atoms. The van der Waals surface area contributed by atoms with Crippen molar-refractivity contribution in [3.8, 4) is 0 Å². The van der Waals surface area contributed by atoms with Crippen LogP contribution in [0.25, 0.3) is 0 Å². The Hall–Kier alpha value is -1.06. The normalized spacial score (nSPS) is 24.2. The van der Waals surface area contributed by atoms with Crippen molar-refractivity contribution in [2.24, 2.45) is 5.92 Å². The van der Waals surface area contributed by atoms with Gasteiger partial charge < -0.3 is 15.2 Å². The van der Waals surface area contributed by atoms with Gasteiger partial charge in [-0.2, -0.15) is 0 Å². The monoisotopic (exact) mass is 233 g/mol. The fraction of sp³-hybridized carbons (Fsp3) is 0.571. The van der Waals surface area contributed by atoms with E-state index in [1.54, 1.807) is 0 Å². The molecule has 2 N–H and O–H groups in total. The molecule has 0 unspecified atom stereocenters. The summed E-state index contributed by atoms with van der Waals surface area (Å²) in [6.45, 7) is 3.48. The minimum atomic E-state index is 0.220. The number of hydrogen-bond donors (Lipinski definition) is 1. The molecule has 0 aromatic heterocycles. The van der Waals surface area contributed by atoms with Gasteiger partial charge in [0, 0.05) is 24.3 Å². The van der Waals surface area contributed by atoms with E-state index in [2.05, 4.69) is 12.1 Å². The van der Waals surface area contributed by atoms with Crippen LogP contribution in [0.4, 0.5) is 5.69 Å². The van der Waals surface area contributed by atoms with Crippen LogP contribution in [-0.2, 0) is 14.9 Å². The van der Waals surface area contributed by atoms with Crippen LogP contribution in [0.3, 0.4) is 0 Å². The van der Waals surface area contributed by atoms with E-state index >= 15 is 0 Å². The lowest BCUT2D eigenvalue weighted by atomic mass is 9.66. The summed E-state index contributed by atoms with van der Waals surface area (Å²) in [4.78, 5) is 0. The third-order valence-corrected chi connectivity index (χ3v) is 4.21. The fourth-order valence-corrected chi connectivity index (χ4v) is 3.03. The Balaban J connectivity index is 1.87. The van der Waals surface area contributed by atoms with E-state index in [1.165, 1.54) is 5.56 Å². The highest BCUT2D eigenvalue weighted by molar-refractivity contribution is 5.42. The van der Waals surface area contributed by atoms with Crippen LogP contribution in [0.15, 0.2) is 24.3 Å². The van der Waals surface area contributed by atoms with Crippen LogP contribution < -0.4 is 5.73 Å². The van der Waals surface area contributed by atoms with Crippen LogP contribution in [0, 0.1) is 5.92 Å². The minimum absolute atomic E-state index is 0.220. The average molecular weight is 233 g/mol. The molecule has 3 rings (SSSR count). The standard InChI is InChI=1S/C14H19NO2/c15-13-3-1-11(2-4-13)14(9-17-10-14)12-5-7-16-8-6-12/h1-4,12H,5-10,15H2. The molecule has 2 saturated heterocycles. The first-order chi connectivity index (χ1) is 8.31. The first kappa shape index (κ1) is 11.1. The number of nitrogens with two attached hydrogens (primary N) is 1. The number of hydrogen-bond acceptors (Lipinski definition) is 3. The summed E-state index contributed by atoms with van der Waals surface area (Å²) < 4.78 is 11.0. The topological polar surface area (TPSA) is 44.5 Å². The van der Waals surface area contributed by atoms with Gasteiger partial charge in [-0.15, -0.1) is 0 Å². The SMILES string of the molecule is Nc1ccc(C2(C3CCOCC3)COC2)cc1. The zero-order chi connectivity index (χ0) is 11.7. The quantitative estimate of drug-likeness (QED) is 0.794. The molecule has 2 fully saturated rings. The van der Waals surface area contributed by atoms with Crippen molar-refractivity contribution in [2.75, 3.05) is 32.2 Å². The van der Waals surface area contributed by atoms with Crippen molar-refractivity contribution < 1.29 is 9.47 Å². The molecule has 0 saturated carbocycles. The zero-order valence-electron chi connectivity index (χ0n) is 10.0. The number of nitrogen functional groups attached to an aromatic ring is 1. The second kappa shape index (κ2) is 4.31.